The second-order valence-corrected chi connectivity index (χ2v) is 4.84. The molecule has 1 aromatic carbocycles. The van der Waals surface area contributed by atoms with Gasteiger partial charge in [-0.1, -0.05) is 45.9 Å². The molecule has 0 unspecified atom stereocenters. The zero-order valence-electron chi connectivity index (χ0n) is 12.4. The zero-order valence-corrected chi connectivity index (χ0v) is 13.2. The van der Waals surface area contributed by atoms with Gasteiger partial charge in [0, 0.05) is 6.20 Å². The molecule has 0 spiro atoms. The lowest BCUT2D eigenvalue weighted by Crippen LogP contribution is -2.12. The molecule has 1 aromatic heterocycles. The van der Waals surface area contributed by atoms with Gasteiger partial charge in [-0.25, -0.2) is 8.42 Å². The van der Waals surface area contributed by atoms with Gasteiger partial charge in [0.05, 0.1) is 16.8 Å². The first kappa shape index (κ1) is 18.1. The van der Waals surface area contributed by atoms with Crippen LogP contribution in [0.4, 0.5) is 5.69 Å². The van der Waals surface area contributed by atoms with Crippen LogP contribution in [0.2, 0.25) is 0 Å². The zero-order chi connectivity index (χ0) is 15.4. The molecule has 20 heavy (non-hydrogen) atoms. The number of benzene rings is 1. The highest BCUT2D eigenvalue weighted by Gasteiger charge is 2.12. The van der Waals surface area contributed by atoms with E-state index in [1.807, 2.05) is 27.7 Å². The Hall–Kier alpha value is -1.88. The number of aromatic nitrogens is 1. The van der Waals surface area contributed by atoms with Gasteiger partial charge in [0.2, 0.25) is 0 Å². The largest absolute Gasteiger partial charge is 0.278 e. The van der Waals surface area contributed by atoms with Crippen molar-refractivity contribution in [3.05, 3.63) is 54.9 Å². The van der Waals surface area contributed by atoms with Crippen molar-refractivity contribution >= 4 is 15.7 Å². The van der Waals surface area contributed by atoms with E-state index in [0.717, 1.165) is 0 Å². The Morgan fingerprint density at radius 3 is 2.00 bits per heavy atom. The Kier molecular flexibility index (Phi) is 9.04. The Morgan fingerprint density at radius 2 is 1.50 bits per heavy atom. The van der Waals surface area contributed by atoms with Crippen LogP contribution in [0.15, 0.2) is 59.8 Å². The highest BCUT2D eigenvalue weighted by molar-refractivity contribution is 7.92. The third-order valence-electron chi connectivity index (χ3n) is 1.97. The monoisotopic (exact) mass is 294 g/mol. The standard InChI is InChI=1S/C11H10N2O2S.2C2H6/c14-16(15,11-6-2-1-3-7-11)13-10-5-4-8-12-9-10;2*1-2/h1-9,13H;2*1-2H3. The van der Waals surface area contributed by atoms with E-state index in [2.05, 4.69) is 9.71 Å². The van der Waals surface area contributed by atoms with Crippen LogP contribution in [0, 0.1) is 0 Å². The van der Waals surface area contributed by atoms with E-state index in [1.54, 1.807) is 48.7 Å². The maximum atomic E-state index is 11.9. The average molecular weight is 294 g/mol. The summed E-state index contributed by atoms with van der Waals surface area (Å²) in [6, 6.07) is 11.5. The molecule has 1 heterocycles. The van der Waals surface area contributed by atoms with Gasteiger partial charge in [-0.3, -0.25) is 9.71 Å². The van der Waals surface area contributed by atoms with Gasteiger partial charge in [-0.2, -0.15) is 0 Å². The van der Waals surface area contributed by atoms with Crippen LogP contribution in [0.1, 0.15) is 27.7 Å². The van der Waals surface area contributed by atoms with Gasteiger partial charge in [0.15, 0.2) is 0 Å². The minimum absolute atomic E-state index is 0.235. The number of rotatable bonds is 3. The van der Waals surface area contributed by atoms with E-state index in [4.69, 9.17) is 0 Å². The van der Waals surface area contributed by atoms with Crippen molar-refractivity contribution in [1.82, 2.24) is 4.98 Å². The predicted octanol–water partition coefficient (Wildman–Crippen LogP) is 3.93. The van der Waals surface area contributed by atoms with Crippen molar-refractivity contribution < 1.29 is 8.42 Å². The molecule has 0 fully saturated rings. The number of nitrogens with one attached hydrogen (secondary N) is 1. The van der Waals surface area contributed by atoms with Gasteiger partial charge in [-0.05, 0) is 24.3 Å². The second kappa shape index (κ2) is 9.97. The number of anilines is 1. The van der Waals surface area contributed by atoms with Crippen molar-refractivity contribution in [3.63, 3.8) is 0 Å². The summed E-state index contributed by atoms with van der Waals surface area (Å²) < 4.78 is 26.2. The molecule has 4 nitrogen and oxygen atoms in total. The lowest BCUT2D eigenvalue weighted by Gasteiger charge is -2.06. The summed E-state index contributed by atoms with van der Waals surface area (Å²) in [5.41, 5.74) is 0.450. The van der Waals surface area contributed by atoms with Crippen molar-refractivity contribution in [2.75, 3.05) is 4.72 Å². The molecule has 0 atom stereocenters. The van der Waals surface area contributed by atoms with Crippen LogP contribution in [-0.4, -0.2) is 13.4 Å². The number of pyridine rings is 1. The van der Waals surface area contributed by atoms with Gasteiger partial charge < -0.3 is 0 Å². The minimum Gasteiger partial charge on any atom is -0.278 e. The SMILES string of the molecule is CC.CC.O=S(=O)(Nc1cccnc1)c1ccccc1. The van der Waals surface area contributed by atoms with Crippen molar-refractivity contribution in [1.29, 1.82) is 0 Å². The summed E-state index contributed by atoms with van der Waals surface area (Å²) in [6.07, 6.45) is 3.04. The number of hydrogen-bond acceptors (Lipinski definition) is 3. The van der Waals surface area contributed by atoms with E-state index in [0.29, 0.717) is 5.69 Å². The summed E-state index contributed by atoms with van der Waals surface area (Å²) in [6.45, 7) is 8.00. The van der Waals surface area contributed by atoms with Crippen LogP contribution in [-0.2, 0) is 10.0 Å². The molecule has 2 aromatic rings. The minimum atomic E-state index is -3.50. The molecule has 2 rings (SSSR count). The summed E-state index contributed by atoms with van der Waals surface area (Å²) in [4.78, 5) is 4.07. The van der Waals surface area contributed by atoms with Gasteiger partial charge in [0.1, 0.15) is 0 Å². The summed E-state index contributed by atoms with van der Waals surface area (Å²) >= 11 is 0. The number of hydrogen-bond donors (Lipinski definition) is 1. The van der Waals surface area contributed by atoms with E-state index >= 15 is 0 Å². The molecule has 1 N–H and O–H groups in total. The van der Waals surface area contributed by atoms with Crippen LogP contribution >= 0.6 is 0 Å². The fourth-order valence-electron chi connectivity index (χ4n) is 1.24. The van der Waals surface area contributed by atoms with Crippen molar-refractivity contribution in [2.45, 2.75) is 32.6 Å². The Morgan fingerprint density at radius 1 is 0.900 bits per heavy atom. The summed E-state index contributed by atoms with van der Waals surface area (Å²) in [7, 11) is -3.50. The Bertz CT molecular complexity index is 555. The predicted molar refractivity (Wildman–Crippen MR) is 84.2 cm³/mol. The molecule has 0 aliphatic carbocycles. The lowest BCUT2D eigenvalue weighted by atomic mass is 10.4. The van der Waals surface area contributed by atoms with Crippen molar-refractivity contribution in [3.8, 4) is 0 Å². The molecular formula is C15H22N2O2S. The number of nitrogens with zero attached hydrogens (tertiary/aromatic N) is 1. The quantitative estimate of drug-likeness (QED) is 0.933. The molecule has 0 bridgehead atoms. The molecule has 5 heteroatoms. The summed E-state index contributed by atoms with van der Waals surface area (Å²) in [5.74, 6) is 0. The molecule has 0 aliphatic rings. The van der Waals surface area contributed by atoms with E-state index in [9.17, 15) is 8.42 Å². The fraction of sp³-hybridized carbons (Fsp3) is 0.267. The van der Waals surface area contributed by atoms with E-state index in [1.165, 1.54) is 6.20 Å². The van der Waals surface area contributed by atoms with Crippen LogP contribution in [0.25, 0.3) is 0 Å². The summed E-state index contributed by atoms with van der Waals surface area (Å²) in [5, 5.41) is 0. The first-order valence-electron chi connectivity index (χ1n) is 6.66. The molecule has 0 amide bonds. The van der Waals surface area contributed by atoms with Crippen LogP contribution in [0.5, 0.6) is 0 Å². The average Bonchev–Trinajstić information content (AvgIpc) is 2.53. The van der Waals surface area contributed by atoms with Gasteiger partial charge >= 0.3 is 0 Å². The maximum absolute atomic E-state index is 11.9. The molecule has 0 saturated carbocycles. The van der Waals surface area contributed by atoms with E-state index in [-0.39, 0.29) is 4.90 Å². The Balaban J connectivity index is 0.000000829. The normalized spacial score (nSPS) is 9.40. The highest BCUT2D eigenvalue weighted by atomic mass is 32.2. The second-order valence-electron chi connectivity index (χ2n) is 3.16. The molecule has 110 valence electrons. The van der Waals surface area contributed by atoms with Crippen LogP contribution < -0.4 is 4.72 Å². The Labute approximate surface area is 121 Å². The smallest absolute Gasteiger partial charge is 0.261 e. The van der Waals surface area contributed by atoms with Crippen molar-refractivity contribution in [2.24, 2.45) is 0 Å². The number of sulfonamides is 1. The van der Waals surface area contributed by atoms with Crippen LogP contribution in [0.3, 0.4) is 0 Å². The highest BCUT2D eigenvalue weighted by Crippen LogP contribution is 2.13. The van der Waals surface area contributed by atoms with Gasteiger partial charge in [0.25, 0.3) is 10.0 Å². The lowest BCUT2D eigenvalue weighted by molar-refractivity contribution is 0.601. The third-order valence-corrected chi connectivity index (χ3v) is 3.36. The maximum Gasteiger partial charge on any atom is 0.261 e. The third kappa shape index (κ3) is 5.84. The topological polar surface area (TPSA) is 59.1 Å². The molecule has 0 radical (unpaired) electrons. The van der Waals surface area contributed by atoms with E-state index < -0.39 is 10.0 Å². The first-order valence-corrected chi connectivity index (χ1v) is 8.15. The molecular weight excluding hydrogens is 272 g/mol. The molecule has 0 saturated heterocycles. The first-order chi connectivity index (χ1) is 9.68. The fourth-order valence-corrected chi connectivity index (χ4v) is 2.30. The van der Waals surface area contributed by atoms with Gasteiger partial charge in [-0.15, -0.1) is 0 Å². The molecule has 0 aliphatic heterocycles.